The molecular weight excluding hydrogens is 500 g/mol. The monoisotopic (exact) mass is 525 g/mol. The molecule has 160 valence electrons. The topological polar surface area (TPSA) is 94.6 Å². The van der Waals surface area contributed by atoms with Gasteiger partial charge in [0, 0.05) is 36.8 Å². The van der Waals surface area contributed by atoms with Crippen molar-refractivity contribution in [3.05, 3.63) is 59.9 Å². The predicted octanol–water partition coefficient (Wildman–Crippen LogP) is 3.06. The van der Waals surface area contributed by atoms with E-state index in [0.717, 1.165) is 11.3 Å². The van der Waals surface area contributed by atoms with Crippen LogP contribution in [0.4, 0.5) is 15.8 Å². The van der Waals surface area contributed by atoms with E-state index in [0.29, 0.717) is 31.2 Å². The van der Waals surface area contributed by atoms with Gasteiger partial charge in [0.25, 0.3) is 0 Å². The number of carbonyl (C=O) groups excluding carboxylic acids is 2. The fraction of sp³-hybridized carbons (Fsp3) is 0.286. The van der Waals surface area contributed by atoms with Gasteiger partial charge in [0.1, 0.15) is 12.4 Å². The fourth-order valence-electron chi connectivity index (χ4n) is 3.13. The molecule has 0 aliphatic carbocycles. The first kappa shape index (κ1) is 23.6. The van der Waals surface area contributed by atoms with E-state index in [1.807, 2.05) is 31.2 Å². The van der Waals surface area contributed by atoms with E-state index < -0.39 is 0 Å². The molecule has 1 atom stereocenters. The number of nitrogens with one attached hydrogen (secondary N) is 4. The summed E-state index contributed by atoms with van der Waals surface area (Å²) in [5, 5.41) is 11.9. The number of anilines is 2. The van der Waals surface area contributed by atoms with Crippen LogP contribution in [-0.4, -0.2) is 37.4 Å². The summed E-state index contributed by atoms with van der Waals surface area (Å²) in [4.78, 5) is 28.3. The number of hydrogen-bond acceptors (Lipinski definition) is 3. The maximum absolute atomic E-state index is 12.9. The van der Waals surface area contributed by atoms with E-state index in [9.17, 15) is 14.0 Å². The van der Waals surface area contributed by atoms with Crippen LogP contribution in [0.25, 0.3) is 0 Å². The van der Waals surface area contributed by atoms with Gasteiger partial charge in [-0.2, -0.15) is 0 Å². The number of nitrogens with zero attached hydrogens (tertiary/aromatic N) is 1. The molecule has 1 unspecified atom stereocenters. The molecule has 0 saturated carbocycles. The summed E-state index contributed by atoms with van der Waals surface area (Å²) in [5.41, 5.74) is 2.41. The first-order valence-corrected chi connectivity index (χ1v) is 9.51. The molecule has 30 heavy (non-hydrogen) atoms. The Balaban J connectivity index is 0.00000320. The minimum atomic E-state index is -0.363. The van der Waals surface area contributed by atoms with Crippen LogP contribution in [0, 0.1) is 5.82 Å². The highest BCUT2D eigenvalue weighted by Crippen LogP contribution is 2.31. The number of amides is 2. The van der Waals surface area contributed by atoms with Gasteiger partial charge in [-0.05, 0) is 42.8 Å². The van der Waals surface area contributed by atoms with Crippen molar-refractivity contribution in [1.82, 2.24) is 10.6 Å². The Hall–Kier alpha value is -2.69. The summed E-state index contributed by atoms with van der Waals surface area (Å²) >= 11 is 0. The second-order valence-corrected chi connectivity index (χ2v) is 6.67. The van der Waals surface area contributed by atoms with Crippen molar-refractivity contribution in [2.24, 2.45) is 4.99 Å². The van der Waals surface area contributed by atoms with Gasteiger partial charge < -0.3 is 21.3 Å². The summed E-state index contributed by atoms with van der Waals surface area (Å²) in [5.74, 6) is -0.188. The molecule has 9 heteroatoms. The summed E-state index contributed by atoms with van der Waals surface area (Å²) in [6.07, 6.45) is 0.383. The van der Waals surface area contributed by atoms with Gasteiger partial charge in [0.05, 0.1) is 0 Å². The molecule has 1 aliphatic rings. The zero-order chi connectivity index (χ0) is 20.6. The van der Waals surface area contributed by atoms with Crippen LogP contribution < -0.4 is 21.3 Å². The van der Waals surface area contributed by atoms with Crippen LogP contribution in [0.15, 0.2) is 53.5 Å². The Morgan fingerprint density at radius 3 is 2.63 bits per heavy atom. The fourth-order valence-corrected chi connectivity index (χ4v) is 3.13. The summed E-state index contributed by atoms with van der Waals surface area (Å²) in [7, 11) is 0. The normalized spacial score (nSPS) is 15.3. The average Bonchev–Trinajstić information content (AvgIpc) is 2.71. The second kappa shape index (κ2) is 11.5. The minimum absolute atomic E-state index is 0. The van der Waals surface area contributed by atoms with Gasteiger partial charge >= 0.3 is 0 Å². The van der Waals surface area contributed by atoms with Crippen LogP contribution in [-0.2, 0) is 9.59 Å². The molecule has 1 aliphatic heterocycles. The molecule has 0 bridgehead atoms. The summed E-state index contributed by atoms with van der Waals surface area (Å²) in [6.45, 7) is 2.98. The zero-order valence-electron chi connectivity index (χ0n) is 16.6. The van der Waals surface area contributed by atoms with Gasteiger partial charge in [0.2, 0.25) is 11.8 Å². The van der Waals surface area contributed by atoms with Gasteiger partial charge in [0.15, 0.2) is 5.96 Å². The Bertz CT molecular complexity index is 905. The first-order chi connectivity index (χ1) is 14.0. The first-order valence-electron chi connectivity index (χ1n) is 9.51. The molecule has 0 spiro atoms. The van der Waals surface area contributed by atoms with Crippen LogP contribution >= 0.6 is 24.0 Å². The number of halogens is 2. The van der Waals surface area contributed by atoms with Crippen molar-refractivity contribution in [2.45, 2.75) is 19.3 Å². The lowest BCUT2D eigenvalue weighted by atomic mass is 9.90. The van der Waals surface area contributed by atoms with Crippen molar-refractivity contribution in [3.63, 3.8) is 0 Å². The zero-order valence-corrected chi connectivity index (χ0v) is 18.9. The number of hydrogen-bond donors (Lipinski definition) is 4. The Morgan fingerprint density at radius 1 is 1.17 bits per heavy atom. The summed E-state index contributed by atoms with van der Waals surface area (Å²) < 4.78 is 12.9. The van der Waals surface area contributed by atoms with Crippen molar-refractivity contribution in [2.75, 3.05) is 30.3 Å². The largest absolute Gasteiger partial charge is 0.357 e. The SMILES string of the molecule is CCNC(=NCC(=O)Nc1ccc(F)cc1)NCC1CC(=O)Nc2ccccc21.I. The van der Waals surface area contributed by atoms with Crippen molar-refractivity contribution in [1.29, 1.82) is 0 Å². The van der Waals surface area contributed by atoms with E-state index in [-0.39, 0.29) is 54.1 Å². The van der Waals surface area contributed by atoms with Crippen LogP contribution in [0.1, 0.15) is 24.8 Å². The molecular formula is C21H25FIN5O2. The standard InChI is InChI=1S/C21H24FN5O2.HI/c1-2-23-21(25-13-20(29)26-16-9-7-15(22)8-10-16)24-12-14-11-19(28)27-18-6-4-3-5-17(14)18;/h3-10,14H,2,11-13H2,1H3,(H,26,29)(H,27,28)(H2,23,24,25);1H. The number of carbonyl (C=O) groups is 2. The molecule has 2 aromatic carbocycles. The van der Waals surface area contributed by atoms with E-state index in [2.05, 4.69) is 26.3 Å². The Kier molecular flexibility index (Phi) is 9.03. The number of guanidine groups is 1. The molecule has 0 aromatic heterocycles. The maximum Gasteiger partial charge on any atom is 0.246 e. The lowest BCUT2D eigenvalue weighted by Crippen LogP contribution is -2.41. The third-order valence-corrected chi connectivity index (χ3v) is 4.48. The van der Waals surface area contributed by atoms with E-state index >= 15 is 0 Å². The van der Waals surface area contributed by atoms with Crippen LogP contribution in [0.3, 0.4) is 0 Å². The van der Waals surface area contributed by atoms with E-state index in [1.54, 1.807) is 0 Å². The lowest BCUT2D eigenvalue weighted by Gasteiger charge is -2.26. The number of fused-ring (bicyclic) bond motifs is 1. The quantitative estimate of drug-likeness (QED) is 0.265. The molecule has 0 fully saturated rings. The molecule has 1 heterocycles. The highest BCUT2D eigenvalue weighted by molar-refractivity contribution is 14.0. The number of para-hydroxylation sites is 1. The second-order valence-electron chi connectivity index (χ2n) is 6.67. The maximum atomic E-state index is 12.9. The predicted molar refractivity (Wildman–Crippen MR) is 127 cm³/mol. The smallest absolute Gasteiger partial charge is 0.246 e. The molecule has 3 rings (SSSR count). The number of aliphatic imine (C=N–C) groups is 1. The molecule has 0 saturated heterocycles. The molecule has 4 N–H and O–H groups in total. The molecule has 7 nitrogen and oxygen atoms in total. The van der Waals surface area contributed by atoms with Crippen LogP contribution in [0.2, 0.25) is 0 Å². The Morgan fingerprint density at radius 2 is 1.90 bits per heavy atom. The molecule has 2 aromatic rings. The van der Waals surface area contributed by atoms with Crippen molar-refractivity contribution >= 4 is 53.1 Å². The molecule has 2 amide bonds. The van der Waals surface area contributed by atoms with Gasteiger partial charge in [-0.15, -0.1) is 24.0 Å². The lowest BCUT2D eigenvalue weighted by molar-refractivity contribution is -0.117. The van der Waals surface area contributed by atoms with E-state index in [4.69, 9.17) is 0 Å². The average molecular weight is 525 g/mol. The highest BCUT2D eigenvalue weighted by atomic mass is 127. The highest BCUT2D eigenvalue weighted by Gasteiger charge is 2.24. The van der Waals surface area contributed by atoms with Gasteiger partial charge in [-0.1, -0.05) is 18.2 Å². The van der Waals surface area contributed by atoms with Gasteiger partial charge in [-0.25, -0.2) is 9.38 Å². The van der Waals surface area contributed by atoms with Crippen LogP contribution in [0.5, 0.6) is 0 Å². The number of rotatable bonds is 6. The van der Waals surface area contributed by atoms with Crippen molar-refractivity contribution in [3.8, 4) is 0 Å². The van der Waals surface area contributed by atoms with Gasteiger partial charge in [-0.3, -0.25) is 9.59 Å². The minimum Gasteiger partial charge on any atom is -0.357 e. The van der Waals surface area contributed by atoms with Crippen molar-refractivity contribution < 1.29 is 14.0 Å². The molecule has 0 radical (unpaired) electrons. The Labute approximate surface area is 191 Å². The third kappa shape index (κ3) is 6.68. The third-order valence-electron chi connectivity index (χ3n) is 4.48. The summed E-state index contributed by atoms with van der Waals surface area (Å²) in [6, 6.07) is 13.3. The van der Waals surface area contributed by atoms with E-state index in [1.165, 1.54) is 24.3 Å². The number of benzene rings is 2.